The highest BCUT2D eigenvalue weighted by atomic mass is 32.2. The highest BCUT2D eigenvalue weighted by Gasteiger charge is 2.02. The Hall–Kier alpha value is -0.350. The maximum atomic E-state index is 11.1. The highest BCUT2D eigenvalue weighted by molar-refractivity contribution is 8.01. The van der Waals surface area contributed by atoms with Crippen molar-refractivity contribution in [2.75, 3.05) is 5.75 Å². The van der Waals surface area contributed by atoms with Gasteiger partial charge in [-0.1, -0.05) is 18.7 Å². The molecule has 0 saturated carbocycles. The average molecular weight is 201 g/mol. The van der Waals surface area contributed by atoms with Crippen LogP contribution < -0.4 is 0 Å². The molecule has 2 nitrogen and oxygen atoms in total. The van der Waals surface area contributed by atoms with Gasteiger partial charge in [-0.2, -0.15) is 0 Å². The molecule has 0 unspecified atom stereocenters. The smallest absolute Gasteiger partial charge is 0.150 e. The van der Waals surface area contributed by atoms with Gasteiger partial charge in [-0.25, -0.2) is 4.98 Å². The molecule has 0 atom stereocenters. The number of Topliss-reactive ketones (excluding diaryl/α,β-unsaturated/α-hetero) is 1. The van der Waals surface area contributed by atoms with E-state index in [0.29, 0.717) is 18.0 Å². The van der Waals surface area contributed by atoms with E-state index in [1.165, 1.54) is 11.8 Å². The van der Waals surface area contributed by atoms with E-state index in [1.807, 2.05) is 12.3 Å². The zero-order valence-electron chi connectivity index (χ0n) is 6.95. The summed E-state index contributed by atoms with van der Waals surface area (Å²) in [7, 11) is 0. The largest absolute Gasteiger partial charge is 0.299 e. The zero-order valence-corrected chi connectivity index (χ0v) is 8.58. The van der Waals surface area contributed by atoms with Gasteiger partial charge in [0.15, 0.2) is 0 Å². The van der Waals surface area contributed by atoms with Crippen molar-refractivity contribution in [1.29, 1.82) is 0 Å². The summed E-state index contributed by atoms with van der Waals surface area (Å²) in [5.41, 5.74) is 0. The lowest BCUT2D eigenvalue weighted by atomic mass is 10.3. The van der Waals surface area contributed by atoms with E-state index in [9.17, 15) is 4.79 Å². The summed E-state index contributed by atoms with van der Waals surface area (Å²) in [4.78, 5) is 15.2. The summed E-state index contributed by atoms with van der Waals surface area (Å²) in [6.45, 7) is 2.02. The molecule has 1 heterocycles. The van der Waals surface area contributed by atoms with Crippen LogP contribution in [-0.2, 0) is 4.79 Å². The minimum Gasteiger partial charge on any atom is -0.299 e. The molecule has 0 spiro atoms. The summed E-state index contributed by atoms with van der Waals surface area (Å²) in [5.74, 6) is 0.888. The summed E-state index contributed by atoms with van der Waals surface area (Å²) in [6.07, 6.45) is 3.40. The second kappa shape index (κ2) is 5.32. The third-order valence-electron chi connectivity index (χ3n) is 1.30. The summed E-state index contributed by atoms with van der Waals surface area (Å²) in [5, 5.41) is 1.92. The van der Waals surface area contributed by atoms with Crippen LogP contribution in [0.1, 0.15) is 19.8 Å². The van der Waals surface area contributed by atoms with Gasteiger partial charge in [0, 0.05) is 18.0 Å². The van der Waals surface area contributed by atoms with Gasteiger partial charge in [-0.3, -0.25) is 4.79 Å². The first kappa shape index (κ1) is 9.74. The number of carbonyl (C=O) groups excluding carboxylic acids is 1. The molecule has 0 aliphatic carbocycles. The third-order valence-corrected chi connectivity index (χ3v) is 3.32. The van der Waals surface area contributed by atoms with Crippen LogP contribution in [0.2, 0.25) is 0 Å². The first-order chi connectivity index (χ1) is 5.83. The van der Waals surface area contributed by atoms with Crippen molar-refractivity contribution < 1.29 is 4.79 Å². The van der Waals surface area contributed by atoms with E-state index in [0.717, 1.165) is 10.8 Å². The van der Waals surface area contributed by atoms with Crippen LogP contribution in [0, 0.1) is 0 Å². The third kappa shape index (κ3) is 3.36. The normalized spacial score (nSPS) is 10.1. The quantitative estimate of drug-likeness (QED) is 0.686. The number of nitrogens with zero attached hydrogens (tertiary/aromatic N) is 1. The van der Waals surface area contributed by atoms with Crippen LogP contribution in [0.25, 0.3) is 0 Å². The molecular formula is C8H11NOS2. The van der Waals surface area contributed by atoms with Crippen molar-refractivity contribution in [3.8, 4) is 0 Å². The fraction of sp³-hybridized carbons (Fsp3) is 0.500. The van der Waals surface area contributed by atoms with Gasteiger partial charge in [0.2, 0.25) is 0 Å². The molecule has 1 aromatic heterocycles. The molecule has 0 saturated heterocycles. The summed E-state index contributed by atoms with van der Waals surface area (Å²) in [6, 6.07) is 0. The van der Waals surface area contributed by atoms with Crippen LogP contribution in [-0.4, -0.2) is 16.5 Å². The zero-order chi connectivity index (χ0) is 8.81. The second-order valence-electron chi connectivity index (χ2n) is 2.38. The Morgan fingerprint density at radius 2 is 2.58 bits per heavy atom. The van der Waals surface area contributed by atoms with Crippen LogP contribution in [0.15, 0.2) is 15.9 Å². The van der Waals surface area contributed by atoms with Gasteiger partial charge in [-0.15, -0.1) is 11.3 Å². The number of rotatable bonds is 5. The topological polar surface area (TPSA) is 30.0 Å². The second-order valence-corrected chi connectivity index (χ2v) is 4.49. The molecule has 0 bridgehead atoms. The van der Waals surface area contributed by atoms with Crippen molar-refractivity contribution in [3.63, 3.8) is 0 Å². The summed E-state index contributed by atoms with van der Waals surface area (Å²) < 4.78 is 0.986. The Labute approximate surface area is 80.4 Å². The lowest BCUT2D eigenvalue weighted by Gasteiger charge is -1.94. The van der Waals surface area contributed by atoms with Gasteiger partial charge in [0.05, 0.1) is 5.75 Å². The van der Waals surface area contributed by atoms with Gasteiger partial charge >= 0.3 is 0 Å². The average Bonchev–Trinajstić information content (AvgIpc) is 2.53. The maximum absolute atomic E-state index is 11.1. The fourth-order valence-corrected chi connectivity index (χ4v) is 2.31. The lowest BCUT2D eigenvalue weighted by molar-refractivity contribution is -0.116. The van der Waals surface area contributed by atoms with Gasteiger partial charge in [-0.05, 0) is 6.42 Å². The Balaban J connectivity index is 2.22. The SMILES string of the molecule is CCCC(=O)CSc1nccs1. The molecule has 0 radical (unpaired) electrons. The fourth-order valence-electron chi connectivity index (χ4n) is 0.775. The monoisotopic (exact) mass is 201 g/mol. The number of hydrogen-bond donors (Lipinski definition) is 0. The van der Waals surface area contributed by atoms with Crippen molar-refractivity contribution in [2.24, 2.45) is 0 Å². The van der Waals surface area contributed by atoms with E-state index < -0.39 is 0 Å². The van der Waals surface area contributed by atoms with Crippen LogP contribution in [0.3, 0.4) is 0 Å². The van der Waals surface area contributed by atoms with E-state index in [1.54, 1.807) is 17.5 Å². The molecule has 1 aromatic rings. The molecule has 0 aliphatic heterocycles. The van der Waals surface area contributed by atoms with E-state index in [2.05, 4.69) is 4.98 Å². The van der Waals surface area contributed by atoms with Crippen molar-refractivity contribution in [2.45, 2.75) is 24.1 Å². The molecule has 66 valence electrons. The van der Waals surface area contributed by atoms with Gasteiger partial charge in [0.1, 0.15) is 10.1 Å². The molecule has 0 fully saturated rings. The number of thioether (sulfide) groups is 1. The van der Waals surface area contributed by atoms with E-state index in [-0.39, 0.29) is 0 Å². The molecule has 1 rings (SSSR count). The van der Waals surface area contributed by atoms with E-state index in [4.69, 9.17) is 0 Å². The predicted molar refractivity (Wildman–Crippen MR) is 52.8 cm³/mol. The number of hydrogen-bond acceptors (Lipinski definition) is 4. The molecule has 4 heteroatoms. The first-order valence-corrected chi connectivity index (χ1v) is 5.73. The molecule has 0 amide bonds. The highest BCUT2D eigenvalue weighted by Crippen LogP contribution is 2.20. The molecule has 0 N–H and O–H groups in total. The van der Waals surface area contributed by atoms with Crippen molar-refractivity contribution >= 4 is 28.9 Å². The minimum atomic E-state index is 0.317. The number of ketones is 1. The van der Waals surface area contributed by atoms with Crippen molar-refractivity contribution in [3.05, 3.63) is 11.6 Å². The standard InChI is InChI=1S/C8H11NOS2/c1-2-3-7(10)6-12-8-9-4-5-11-8/h4-5H,2-3,6H2,1H3. The molecule has 12 heavy (non-hydrogen) atoms. The Morgan fingerprint density at radius 1 is 1.75 bits per heavy atom. The van der Waals surface area contributed by atoms with Crippen LogP contribution >= 0.6 is 23.1 Å². The number of aromatic nitrogens is 1. The predicted octanol–water partition coefficient (Wildman–Crippen LogP) is 2.60. The van der Waals surface area contributed by atoms with Gasteiger partial charge in [0.25, 0.3) is 0 Å². The Kier molecular flexibility index (Phi) is 4.32. The first-order valence-electron chi connectivity index (χ1n) is 3.87. The van der Waals surface area contributed by atoms with Crippen molar-refractivity contribution in [1.82, 2.24) is 4.98 Å². The Morgan fingerprint density at radius 3 is 3.17 bits per heavy atom. The molecular weight excluding hydrogens is 190 g/mol. The molecule has 0 aromatic carbocycles. The Bertz CT molecular complexity index is 233. The van der Waals surface area contributed by atoms with E-state index >= 15 is 0 Å². The lowest BCUT2D eigenvalue weighted by Crippen LogP contribution is -1.99. The maximum Gasteiger partial charge on any atom is 0.150 e. The number of carbonyl (C=O) groups is 1. The summed E-state index contributed by atoms with van der Waals surface area (Å²) >= 11 is 3.12. The van der Waals surface area contributed by atoms with Crippen LogP contribution in [0.5, 0.6) is 0 Å². The number of thiazole rings is 1. The van der Waals surface area contributed by atoms with Gasteiger partial charge < -0.3 is 0 Å². The van der Waals surface area contributed by atoms with Crippen LogP contribution in [0.4, 0.5) is 0 Å². The molecule has 0 aliphatic rings. The minimum absolute atomic E-state index is 0.317.